The van der Waals surface area contributed by atoms with Crippen LogP contribution in [0.4, 0.5) is 19.3 Å². The van der Waals surface area contributed by atoms with Crippen LogP contribution < -0.4 is 10.9 Å². The Hall–Kier alpha value is -4.62. The Morgan fingerprint density at radius 3 is 2.57 bits per heavy atom. The summed E-state index contributed by atoms with van der Waals surface area (Å²) in [7, 11) is 4.47. The first kappa shape index (κ1) is 31.9. The van der Waals surface area contributed by atoms with E-state index in [1.165, 1.54) is 18.0 Å². The molecule has 0 aliphatic rings. The van der Waals surface area contributed by atoms with E-state index in [2.05, 4.69) is 20.3 Å². The predicted octanol–water partition coefficient (Wildman–Crippen LogP) is 3.23. The van der Waals surface area contributed by atoms with Crippen molar-refractivity contribution in [3.05, 3.63) is 64.1 Å². The van der Waals surface area contributed by atoms with Crippen LogP contribution in [0.5, 0.6) is 0 Å². The van der Waals surface area contributed by atoms with Gasteiger partial charge < -0.3 is 29.8 Å². The quantitative estimate of drug-likeness (QED) is 0.275. The number of H-pyrrole nitrogens is 1. The number of nitrogens with zero attached hydrogens (tertiary/aromatic N) is 5. The number of likely N-dealkylation sites (N-methyl/N-ethyl adjacent to an activating group) is 1. The molecule has 3 rings (SSSR count). The fourth-order valence-corrected chi connectivity index (χ4v) is 4.23. The lowest BCUT2D eigenvalue weighted by molar-refractivity contribution is -0.123. The van der Waals surface area contributed by atoms with Gasteiger partial charge >= 0.3 is 6.09 Å². The molecule has 1 atom stereocenters. The van der Waals surface area contributed by atoms with Crippen LogP contribution in [0, 0.1) is 23.5 Å². The molecule has 0 aliphatic carbocycles. The third-order valence-electron chi connectivity index (χ3n) is 6.41. The number of allylic oxidation sites excluding steroid dienone is 1. The van der Waals surface area contributed by atoms with Crippen molar-refractivity contribution in [1.29, 1.82) is 0 Å². The summed E-state index contributed by atoms with van der Waals surface area (Å²) in [6.45, 7) is 3.54. The lowest BCUT2D eigenvalue weighted by Crippen LogP contribution is -2.37. The molecule has 0 fully saturated rings. The molecule has 0 saturated heterocycles. The van der Waals surface area contributed by atoms with Crippen molar-refractivity contribution in [3.63, 3.8) is 0 Å². The number of fused-ring (bicyclic) bond motifs is 1. The first-order valence-corrected chi connectivity index (χ1v) is 13.3. The minimum atomic E-state index is -1.26. The van der Waals surface area contributed by atoms with Gasteiger partial charge in [0, 0.05) is 40.0 Å². The number of carbonyl (C=O) groups excluding carboxylic acids is 2. The van der Waals surface area contributed by atoms with E-state index in [1.807, 2.05) is 13.8 Å². The molecule has 12 nitrogen and oxygen atoms in total. The molecule has 3 aromatic heterocycles. The maximum Gasteiger partial charge on any atom is 0.407 e. The molecule has 0 aliphatic heterocycles. The molecule has 0 bridgehead atoms. The van der Waals surface area contributed by atoms with Gasteiger partial charge in [-0.1, -0.05) is 19.9 Å². The summed E-state index contributed by atoms with van der Waals surface area (Å²) in [6.07, 6.45) is 4.67. The third kappa shape index (κ3) is 8.21. The van der Waals surface area contributed by atoms with E-state index in [0.29, 0.717) is 17.6 Å². The summed E-state index contributed by atoms with van der Waals surface area (Å²) in [6, 6.07) is 0.868. The number of aromatic amines is 1. The lowest BCUT2D eigenvalue weighted by atomic mass is 10.0. The van der Waals surface area contributed by atoms with E-state index in [-0.39, 0.29) is 54.8 Å². The number of nitrogens with one attached hydrogen (secondary N) is 2. The number of hydrogen-bond donors (Lipinski definition) is 3. The zero-order valence-corrected chi connectivity index (χ0v) is 24.1. The van der Waals surface area contributed by atoms with Crippen LogP contribution in [-0.2, 0) is 22.6 Å². The number of carbonyl (C=O) groups is 3. The Bertz CT molecular complexity index is 1550. The highest BCUT2D eigenvalue weighted by atomic mass is 19.1. The average molecular weight is 588 g/mol. The molecule has 14 heteroatoms. The zero-order valence-electron chi connectivity index (χ0n) is 24.1. The van der Waals surface area contributed by atoms with E-state index >= 15 is 0 Å². The molecule has 0 aromatic carbocycles. The smallest absolute Gasteiger partial charge is 0.407 e. The molecule has 3 heterocycles. The van der Waals surface area contributed by atoms with Crippen LogP contribution in [-0.4, -0.2) is 80.0 Å². The van der Waals surface area contributed by atoms with Gasteiger partial charge in [-0.15, -0.1) is 0 Å². The third-order valence-corrected chi connectivity index (χ3v) is 6.41. The normalized spacial score (nSPS) is 12.2. The molecule has 226 valence electrons. The van der Waals surface area contributed by atoms with Crippen molar-refractivity contribution in [2.45, 2.75) is 39.7 Å². The summed E-state index contributed by atoms with van der Waals surface area (Å²) < 4.78 is 30.0. The fourth-order valence-electron chi connectivity index (χ4n) is 4.23. The predicted molar refractivity (Wildman–Crippen MR) is 152 cm³/mol. The first-order chi connectivity index (χ1) is 19.8. The highest BCUT2D eigenvalue weighted by Gasteiger charge is 2.24. The monoisotopic (exact) mass is 587 g/mol. The molecule has 3 aromatic rings. The van der Waals surface area contributed by atoms with E-state index in [0.717, 1.165) is 27.9 Å². The van der Waals surface area contributed by atoms with E-state index in [1.54, 1.807) is 20.2 Å². The molecular formula is C28H35F2N7O5. The fraction of sp³-hybridized carbons (Fsp3) is 0.429. The number of imidazole rings is 1. The summed E-state index contributed by atoms with van der Waals surface area (Å²) in [4.78, 5) is 63.2. The standard InChI is InChI=1S/C28H35F2N7O5/c1-16(2)10-20-25-24(19(30)12-31-20)33-22(34-25)15-37-14-18(29)11-21(27(37)40)32-26(39)17(13-36(5)28(41)42)8-6-7-9-23(38)35(3)4/h7,9,11-12,14,16-17H,6,8,10,13,15H2,1-5H3,(H,32,39)(H,33,34)(H,41,42)/b9-7+/t17-/m0/s1. The summed E-state index contributed by atoms with van der Waals surface area (Å²) >= 11 is 0. The van der Waals surface area contributed by atoms with E-state index in [9.17, 15) is 33.1 Å². The SMILES string of the molecule is CC(C)Cc1ncc(F)c2nc(Cn3cc(F)cc(NC(=O)[C@@H](CC/C=C/C(=O)N(C)C)CN(C)C(=O)O)c3=O)[nH]c12. The number of rotatable bonds is 12. The second-order valence-electron chi connectivity index (χ2n) is 10.6. The van der Waals surface area contributed by atoms with Gasteiger partial charge in [0.1, 0.15) is 22.8 Å². The van der Waals surface area contributed by atoms with Crippen molar-refractivity contribution in [3.8, 4) is 0 Å². The first-order valence-electron chi connectivity index (χ1n) is 13.3. The van der Waals surface area contributed by atoms with Crippen LogP contribution in [0.25, 0.3) is 11.0 Å². The summed E-state index contributed by atoms with van der Waals surface area (Å²) in [5.74, 6) is -2.89. The summed E-state index contributed by atoms with van der Waals surface area (Å²) in [5.41, 5.74) is -0.0412. The second-order valence-corrected chi connectivity index (χ2v) is 10.6. The van der Waals surface area contributed by atoms with Crippen LogP contribution in [0.3, 0.4) is 0 Å². The number of halogens is 2. The Balaban J connectivity index is 1.85. The van der Waals surface area contributed by atoms with Crippen molar-refractivity contribution in [2.75, 3.05) is 33.0 Å². The molecule has 0 spiro atoms. The molecule has 42 heavy (non-hydrogen) atoms. The number of aromatic nitrogens is 4. The Morgan fingerprint density at radius 2 is 1.93 bits per heavy atom. The van der Waals surface area contributed by atoms with Crippen LogP contribution in [0.2, 0.25) is 0 Å². The molecule has 3 amide bonds. The van der Waals surface area contributed by atoms with Crippen molar-refractivity contribution in [2.24, 2.45) is 11.8 Å². The number of pyridine rings is 2. The van der Waals surface area contributed by atoms with Gasteiger partial charge in [0.05, 0.1) is 29.9 Å². The van der Waals surface area contributed by atoms with Gasteiger partial charge in [0.25, 0.3) is 5.56 Å². The zero-order chi connectivity index (χ0) is 31.1. The highest BCUT2D eigenvalue weighted by molar-refractivity contribution is 5.92. The van der Waals surface area contributed by atoms with Crippen molar-refractivity contribution in [1.82, 2.24) is 29.3 Å². The molecule has 3 N–H and O–H groups in total. The average Bonchev–Trinajstić information content (AvgIpc) is 3.34. The second kappa shape index (κ2) is 13.8. The lowest BCUT2D eigenvalue weighted by Gasteiger charge is -2.21. The van der Waals surface area contributed by atoms with Gasteiger partial charge in [0.15, 0.2) is 5.82 Å². The molecule has 0 unspecified atom stereocenters. The summed E-state index contributed by atoms with van der Waals surface area (Å²) in [5, 5.41) is 11.7. The topological polar surface area (TPSA) is 154 Å². The number of carboxylic acid groups (broad SMARTS) is 1. The maximum absolute atomic E-state index is 14.6. The number of hydrogen-bond acceptors (Lipinski definition) is 6. The number of amides is 3. The van der Waals surface area contributed by atoms with Gasteiger partial charge in [-0.05, 0) is 31.3 Å². The van der Waals surface area contributed by atoms with Gasteiger partial charge in [-0.3, -0.25) is 19.4 Å². The minimum Gasteiger partial charge on any atom is -0.465 e. The van der Waals surface area contributed by atoms with Gasteiger partial charge in [-0.2, -0.15) is 0 Å². The molecule has 0 radical (unpaired) electrons. The minimum absolute atomic E-state index is 0.0559. The van der Waals surface area contributed by atoms with Crippen molar-refractivity contribution < 1.29 is 28.3 Å². The molecule has 0 saturated carbocycles. The van der Waals surface area contributed by atoms with Gasteiger partial charge in [-0.25, -0.2) is 18.6 Å². The van der Waals surface area contributed by atoms with Crippen LogP contribution in [0.1, 0.15) is 38.2 Å². The highest BCUT2D eigenvalue weighted by Crippen LogP contribution is 2.21. The Labute approximate surface area is 241 Å². The van der Waals surface area contributed by atoms with E-state index < -0.39 is 35.1 Å². The Morgan fingerprint density at radius 1 is 1.21 bits per heavy atom. The largest absolute Gasteiger partial charge is 0.465 e. The number of anilines is 1. The van der Waals surface area contributed by atoms with Crippen LogP contribution >= 0.6 is 0 Å². The van der Waals surface area contributed by atoms with Crippen molar-refractivity contribution >= 4 is 34.6 Å². The molecular weight excluding hydrogens is 552 g/mol. The Kier molecular flexibility index (Phi) is 10.5. The maximum atomic E-state index is 14.6. The van der Waals surface area contributed by atoms with Crippen LogP contribution in [0.15, 0.2) is 35.4 Å². The van der Waals surface area contributed by atoms with E-state index in [4.69, 9.17) is 0 Å². The van der Waals surface area contributed by atoms with Gasteiger partial charge in [0.2, 0.25) is 11.8 Å².